The number of rotatable bonds is 2. The monoisotopic (exact) mass is 416 g/mol. The second-order valence-electron chi connectivity index (χ2n) is 6.40. The van der Waals surface area contributed by atoms with Crippen LogP contribution in [0.4, 0.5) is 0 Å². The highest BCUT2D eigenvalue weighted by atomic mass is 127. The van der Waals surface area contributed by atoms with Crippen molar-refractivity contribution in [3.05, 3.63) is 23.9 Å². The molecule has 0 saturated carbocycles. The van der Waals surface area contributed by atoms with Gasteiger partial charge in [0, 0.05) is 35.7 Å². The predicted octanol–water partition coefficient (Wildman–Crippen LogP) is 3.49. The highest BCUT2D eigenvalue weighted by Gasteiger charge is 2.52. The quantitative estimate of drug-likeness (QED) is 0.555. The van der Waals surface area contributed by atoms with E-state index in [-0.39, 0.29) is 18.3 Å². The first kappa shape index (κ1) is 15.6. The Morgan fingerprint density at radius 2 is 1.81 bits per heavy atom. The van der Waals surface area contributed by atoms with Gasteiger partial charge in [0.1, 0.15) is 0 Å². The van der Waals surface area contributed by atoms with Gasteiger partial charge in [-0.25, -0.2) is 0 Å². The lowest BCUT2D eigenvalue weighted by Gasteiger charge is -2.32. The number of aromatic nitrogens is 2. The van der Waals surface area contributed by atoms with Crippen LogP contribution in [0.15, 0.2) is 18.3 Å². The van der Waals surface area contributed by atoms with Crippen molar-refractivity contribution in [3.63, 3.8) is 0 Å². The summed E-state index contributed by atoms with van der Waals surface area (Å²) in [6.45, 7) is 10.4. The molecule has 1 aromatic carbocycles. The predicted molar refractivity (Wildman–Crippen MR) is 97.2 cm³/mol. The van der Waals surface area contributed by atoms with Crippen LogP contribution in [-0.4, -0.2) is 27.5 Å². The minimum Gasteiger partial charge on any atom is -0.399 e. The molecule has 7 heteroatoms. The van der Waals surface area contributed by atoms with Gasteiger partial charge in [0.15, 0.2) is 0 Å². The van der Waals surface area contributed by atoms with E-state index in [2.05, 4.69) is 73.1 Å². The average Bonchev–Trinajstić information content (AvgIpc) is 2.87. The van der Waals surface area contributed by atoms with E-state index in [0.717, 1.165) is 16.4 Å². The van der Waals surface area contributed by atoms with Crippen LogP contribution in [-0.2, 0) is 9.31 Å². The molecule has 2 aromatic rings. The Bertz CT molecular complexity index is 686. The molecule has 0 bridgehead atoms. The van der Waals surface area contributed by atoms with Crippen molar-refractivity contribution < 1.29 is 9.31 Å². The van der Waals surface area contributed by atoms with Crippen LogP contribution < -0.4 is 5.46 Å². The van der Waals surface area contributed by atoms with Gasteiger partial charge in [-0.15, -0.1) is 0 Å². The summed E-state index contributed by atoms with van der Waals surface area (Å²) in [6.07, 6.45) is 1.90. The van der Waals surface area contributed by atoms with Gasteiger partial charge in [0.25, 0.3) is 0 Å². The van der Waals surface area contributed by atoms with E-state index in [1.54, 1.807) is 9.12 Å². The van der Waals surface area contributed by atoms with Gasteiger partial charge >= 0.3 is 7.12 Å². The standard InChI is InChI=1S/C14H18BIN2O2S/c1-9-6-7-11-10(8-17-18(11)21-16)12(9)15-19-13(2,3)14(4,5)20-15/h6-8H,1-5H3. The maximum atomic E-state index is 6.21. The Balaban J connectivity index is 2.13. The summed E-state index contributed by atoms with van der Waals surface area (Å²) in [4.78, 5) is 0. The summed E-state index contributed by atoms with van der Waals surface area (Å²) in [5.41, 5.74) is 2.67. The third kappa shape index (κ3) is 2.42. The molecule has 112 valence electrons. The fourth-order valence-electron chi connectivity index (χ4n) is 2.54. The minimum absolute atomic E-state index is 0.333. The van der Waals surface area contributed by atoms with Crippen LogP contribution in [0.25, 0.3) is 10.9 Å². The molecule has 2 heterocycles. The van der Waals surface area contributed by atoms with Gasteiger partial charge in [-0.1, -0.05) is 11.6 Å². The lowest BCUT2D eigenvalue weighted by molar-refractivity contribution is 0.00578. The molecule has 1 aromatic heterocycles. The summed E-state index contributed by atoms with van der Waals surface area (Å²) in [6, 6.07) is 4.20. The summed E-state index contributed by atoms with van der Waals surface area (Å²) in [5, 5.41) is 5.52. The zero-order valence-electron chi connectivity index (χ0n) is 12.8. The van der Waals surface area contributed by atoms with Crippen LogP contribution >= 0.6 is 30.3 Å². The molecular formula is C14H18BIN2O2S. The molecule has 0 aliphatic carbocycles. The fourth-order valence-corrected chi connectivity index (χ4v) is 3.80. The van der Waals surface area contributed by atoms with Crippen molar-refractivity contribution in [3.8, 4) is 0 Å². The molecule has 1 aliphatic heterocycles. The molecule has 4 nitrogen and oxygen atoms in total. The van der Waals surface area contributed by atoms with Gasteiger partial charge in [-0.2, -0.15) is 9.19 Å². The van der Waals surface area contributed by atoms with Crippen molar-refractivity contribution >= 4 is 53.8 Å². The summed E-state index contributed by atoms with van der Waals surface area (Å²) in [7, 11) is 1.20. The van der Waals surface area contributed by atoms with Gasteiger partial charge < -0.3 is 9.31 Å². The summed E-state index contributed by atoms with van der Waals surface area (Å²) >= 11 is 2.23. The first-order valence-corrected chi connectivity index (χ1v) is 10.2. The van der Waals surface area contributed by atoms with Crippen molar-refractivity contribution in [1.29, 1.82) is 0 Å². The van der Waals surface area contributed by atoms with E-state index in [1.807, 2.05) is 10.3 Å². The van der Waals surface area contributed by atoms with Gasteiger partial charge in [0.2, 0.25) is 0 Å². The van der Waals surface area contributed by atoms with Crippen LogP contribution in [0.2, 0.25) is 0 Å². The Morgan fingerprint density at radius 1 is 1.19 bits per heavy atom. The number of hydrogen-bond donors (Lipinski definition) is 0. The number of hydrogen-bond acceptors (Lipinski definition) is 4. The second kappa shape index (κ2) is 5.14. The van der Waals surface area contributed by atoms with E-state index in [4.69, 9.17) is 9.31 Å². The van der Waals surface area contributed by atoms with E-state index >= 15 is 0 Å². The molecule has 0 amide bonds. The SMILES string of the molecule is Cc1ccc2c(cnn2SI)c1B1OC(C)(C)C(C)(C)O1. The number of aryl methyl sites for hydroxylation is 1. The first-order chi connectivity index (χ1) is 9.77. The van der Waals surface area contributed by atoms with Crippen molar-refractivity contribution in [2.45, 2.75) is 45.8 Å². The molecule has 21 heavy (non-hydrogen) atoms. The Morgan fingerprint density at radius 3 is 2.38 bits per heavy atom. The third-order valence-electron chi connectivity index (χ3n) is 4.53. The van der Waals surface area contributed by atoms with Crippen LogP contribution in [0.1, 0.15) is 33.3 Å². The van der Waals surface area contributed by atoms with E-state index in [1.165, 1.54) is 5.56 Å². The minimum atomic E-state index is -0.351. The molecular weight excluding hydrogens is 398 g/mol. The second-order valence-corrected chi connectivity index (χ2v) is 8.07. The van der Waals surface area contributed by atoms with Gasteiger partial charge in [-0.05, 0) is 46.1 Å². The molecule has 0 spiro atoms. The van der Waals surface area contributed by atoms with E-state index in [9.17, 15) is 0 Å². The lowest BCUT2D eigenvalue weighted by Crippen LogP contribution is -2.41. The molecule has 0 N–H and O–H groups in total. The maximum absolute atomic E-state index is 6.21. The number of nitrogens with zero attached hydrogens (tertiary/aromatic N) is 2. The Hall–Kier alpha value is -0.245. The van der Waals surface area contributed by atoms with Crippen LogP contribution in [0.5, 0.6) is 0 Å². The molecule has 0 atom stereocenters. The largest absolute Gasteiger partial charge is 0.495 e. The molecule has 0 unspecified atom stereocenters. The normalized spacial score (nSPS) is 20.4. The number of halogens is 1. The fraction of sp³-hybridized carbons (Fsp3) is 0.500. The summed E-state index contributed by atoms with van der Waals surface area (Å²) in [5.74, 6) is 0. The highest BCUT2D eigenvalue weighted by molar-refractivity contribution is 14.2. The van der Waals surface area contributed by atoms with Crippen LogP contribution in [0.3, 0.4) is 0 Å². The number of benzene rings is 1. The lowest BCUT2D eigenvalue weighted by atomic mass is 9.74. The molecule has 0 radical (unpaired) electrons. The van der Waals surface area contributed by atoms with E-state index < -0.39 is 0 Å². The first-order valence-electron chi connectivity index (χ1n) is 6.89. The van der Waals surface area contributed by atoms with Gasteiger partial charge in [-0.3, -0.25) is 0 Å². The number of fused-ring (bicyclic) bond motifs is 1. The summed E-state index contributed by atoms with van der Waals surface area (Å²) < 4.78 is 14.3. The van der Waals surface area contributed by atoms with E-state index in [0.29, 0.717) is 0 Å². The Labute approximate surface area is 141 Å². The zero-order valence-corrected chi connectivity index (χ0v) is 15.8. The van der Waals surface area contributed by atoms with Crippen molar-refractivity contribution in [1.82, 2.24) is 9.19 Å². The third-order valence-corrected chi connectivity index (χ3v) is 6.08. The maximum Gasteiger partial charge on any atom is 0.495 e. The van der Waals surface area contributed by atoms with Gasteiger partial charge in [0.05, 0.1) is 22.9 Å². The Kier molecular flexibility index (Phi) is 3.83. The van der Waals surface area contributed by atoms with Crippen molar-refractivity contribution in [2.24, 2.45) is 0 Å². The molecule has 1 fully saturated rings. The van der Waals surface area contributed by atoms with Crippen molar-refractivity contribution in [2.75, 3.05) is 0 Å². The molecule has 1 aliphatic rings. The topological polar surface area (TPSA) is 36.3 Å². The zero-order chi connectivity index (χ0) is 15.4. The highest BCUT2D eigenvalue weighted by Crippen LogP contribution is 2.37. The smallest absolute Gasteiger partial charge is 0.399 e. The molecule has 1 saturated heterocycles. The average molecular weight is 416 g/mol. The molecule has 3 rings (SSSR count). The van der Waals surface area contributed by atoms with Crippen LogP contribution in [0, 0.1) is 6.92 Å².